The summed E-state index contributed by atoms with van der Waals surface area (Å²) in [6.45, 7) is 1.34. The zero-order valence-electron chi connectivity index (χ0n) is 21.3. The van der Waals surface area contributed by atoms with Gasteiger partial charge in [0.25, 0.3) is 0 Å². The Morgan fingerprint density at radius 2 is 1.82 bits per heavy atom. The maximum Gasteiger partial charge on any atom is 0.147 e. The Morgan fingerprint density at radius 1 is 1.07 bits per heavy atom. The largest absolute Gasteiger partial charge is 0.489 e. The molecule has 8 nitrogen and oxygen atoms in total. The van der Waals surface area contributed by atoms with Crippen LogP contribution in [0.2, 0.25) is 15.1 Å². The van der Waals surface area contributed by atoms with E-state index in [0.29, 0.717) is 75.1 Å². The van der Waals surface area contributed by atoms with Crippen LogP contribution >= 0.6 is 34.8 Å². The third-order valence-corrected chi connectivity index (χ3v) is 8.36. The third kappa shape index (κ3) is 5.23. The Kier molecular flexibility index (Phi) is 7.32. The molecule has 0 radical (unpaired) electrons. The first-order valence-electron chi connectivity index (χ1n) is 12.9. The molecule has 0 atom stereocenters. The highest BCUT2D eigenvalue weighted by atomic mass is 35.5. The van der Waals surface area contributed by atoms with Gasteiger partial charge in [-0.3, -0.25) is 4.98 Å². The molecular formula is C29H24Cl3N5O3. The average molecular weight is 597 g/mol. The van der Waals surface area contributed by atoms with Gasteiger partial charge in [0.15, 0.2) is 0 Å². The lowest BCUT2D eigenvalue weighted by molar-refractivity contribution is 0.0117. The molecule has 11 heteroatoms. The third-order valence-electron chi connectivity index (χ3n) is 7.47. The molecule has 3 aromatic heterocycles. The minimum absolute atomic E-state index is 0.184. The normalized spacial score (nSPS) is 16.5. The molecule has 1 saturated heterocycles. The van der Waals surface area contributed by atoms with Crippen molar-refractivity contribution < 1.29 is 14.4 Å². The molecule has 2 aliphatic rings. The van der Waals surface area contributed by atoms with E-state index in [1.807, 2.05) is 6.07 Å². The van der Waals surface area contributed by atoms with Gasteiger partial charge in [0, 0.05) is 48.7 Å². The first-order chi connectivity index (χ1) is 19.4. The van der Waals surface area contributed by atoms with Crippen molar-refractivity contribution in [1.82, 2.24) is 15.1 Å². The zero-order chi connectivity index (χ0) is 27.9. The second-order valence-corrected chi connectivity index (χ2v) is 11.3. The van der Waals surface area contributed by atoms with Crippen LogP contribution in [0, 0.1) is 11.3 Å². The molecule has 6 rings (SSSR count). The number of piperidine rings is 1. The molecule has 1 aliphatic heterocycles. The number of rotatable bonds is 7. The molecule has 1 N–H and O–H groups in total. The van der Waals surface area contributed by atoms with Crippen molar-refractivity contribution in [2.45, 2.75) is 43.8 Å². The lowest BCUT2D eigenvalue weighted by Crippen LogP contribution is -2.43. The van der Waals surface area contributed by atoms with E-state index in [9.17, 15) is 10.4 Å². The molecule has 0 spiro atoms. The van der Waals surface area contributed by atoms with E-state index < -0.39 is 5.60 Å². The van der Waals surface area contributed by atoms with Crippen LogP contribution in [0.3, 0.4) is 0 Å². The summed E-state index contributed by atoms with van der Waals surface area (Å²) in [6.07, 6.45) is 7.65. The molecule has 4 heterocycles. The molecular weight excluding hydrogens is 573 g/mol. The number of anilines is 1. The molecule has 0 amide bonds. The van der Waals surface area contributed by atoms with Gasteiger partial charge in [-0.05, 0) is 49.9 Å². The van der Waals surface area contributed by atoms with Crippen molar-refractivity contribution in [3.05, 3.63) is 86.4 Å². The summed E-state index contributed by atoms with van der Waals surface area (Å²) in [5.74, 6) is 2.34. The minimum Gasteiger partial charge on any atom is -0.489 e. The van der Waals surface area contributed by atoms with Gasteiger partial charge < -0.3 is 19.3 Å². The van der Waals surface area contributed by atoms with Crippen molar-refractivity contribution in [3.8, 4) is 23.1 Å². The molecule has 1 aliphatic carbocycles. The Balaban J connectivity index is 1.18. The lowest BCUT2D eigenvalue weighted by Gasteiger charge is -2.39. The number of nitriles is 1. The van der Waals surface area contributed by atoms with Crippen LogP contribution in [-0.2, 0) is 12.2 Å². The Morgan fingerprint density at radius 3 is 2.50 bits per heavy atom. The first-order valence-corrected chi connectivity index (χ1v) is 14.0. The van der Waals surface area contributed by atoms with Gasteiger partial charge in [-0.25, -0.2) is 4.98 Å². The smallest absolute Gasteiger partial charge is 0.147 e. The number of hydrogen-bond acceptors (Lipinski definition) is 8. The topological polar surface area (TPSA) is 108 Å². The van der Waals surface area contributed by atoms with E-state index in [0.717, 1.165) is 30.0 Å². The van der Waals surface area contributed by atoms with E-state index in [1.165, 1.54) is 12.4 Å². The van der Waals surface area contributed by atoms with Crippen LogP contribution in [-0.4, -0.2) is 33.3 Å². The predicted octanol–water partition coefficient (Wildman–Crippen LogP) is 6.91. The van der Waals surface area contributed by atoms with Crippen molar-refractivity contribution in [3.63, 3.8) is 0 Å². The first kappa shape index (κ1) is 26.9. The summed E-state index contributed by atoms with van der Waals surface area (Å²) in [6, 6.07) is 10.9. The van der Waals surface area contributed by atoms with Crippen LogP contribution in [0.4, 0.5) is 5.82 Å². The van der Waals surface area contributed by atoms with Crippen LogP contribution in [0.15, 0.2) is 53.4 Å². The minimum atomic E-state index is -1.09. The van der Waals surface area contributed by atoms with Gasteiger partial charge in [0.1, 0.15) is 29.6 Å². The van der Waals surface area contributed by atoms with Gasteiger partial charge in [0.2, 0.25) is 0 Å². The van der Waals surface area contributed by atoms with Crippen LogP contribution in [0.5, 0.6) is 5.75 Å². The standard InChI is InChI=1S/C29H24Cl3N5O3/c30-22-12-19(3-4-21(22)29(38)6-9-37(10-7-29)25-11-17(13-33)5-8-35-25)39-16-20-27(36-40-28(20)18-1-2-18)26-23(31)14-34-15-24(26)32/h3-5,8,11-12,14-15,18,38H,1-2,6-7,9-10,16H2. The van der Waals surface area contributed by atoms with Crippen LogP contribution < -0.4 is 9.64 Å². The van der Waals surface area contributed by atoms with Crippen LogP contribution in [0.25, 0.3) is 11.3 Å². The predicted molar refractivity (Wildman–Crippen MR) is 152 cm³/mol. The quantitative estimate of drug-likeness (QED) is 0.245. The van der Waals surface area contributed by atoms with Crippen molar-refractivity contribution >= 4 is 40.6 Å². The number of benzene rings is 1. The molecule has 1 saturated carbocycles. The summed E-state index contributed by atoms with van der Waals surface area (Å²) >= 11 is 19.5. The van der Waals surface area contributed by atoms with Crippen molar-refractivity contribution in [2.75, 3.05) is 18.0 Å². The fraction of sp³-hybridized carbons (Fsp3) is 0.310. The van der Waals surface area contributed by atoms with Crippen molar-refractivity contribution in [2.24, 2.45) is 0 Å². The highest BCUT2D eigenvalue weighted by molar-refractivity contribution is 6.38. The SMILES string of the molecule is N#Cc1ccnc(N2CCC(O)(c3ccc(OCc4c(-c5c(Cl)cncc5Cl)noc4C4CC4)cc3Cl)CC2)c1. The molecule has 0 bridgehead atoms. The number of ether oxygens (including phenoxy) is 1. The highest BCUT2D eigenvalue weighted by Gasteiger charge is 2.37. The number of aliphatic hydroxyl groups is 1. The molecule has 40 heavy (non-hydrogen) atoms. The molecule has 0 unspecified atom stereocenters. The van der Waals surface area contributed by atoms with E-state index >= 15 is 0 Å². The highest BCUT2D eigenvalue weighted by Crippen LogP contribution is 2.46. The second kappa shape index (κ2) is 10.9. The maximum atomic E-state index is 11.5. The summed E-state index contributed by atoms with van der Waals surface area (Å²) in [7, 11) is 0. The Labute approximate surface area is 246 Å². The van der Waals surface area contributed by atoms with E-state index in [1.54, 1.807) is 30.5 Å². The number of hydrogen-bond donors (Lipinski definition) is 1. The van der Waals surface area contributed by atoms with Gasteiger partial charge in [0.05, 0.1) is 37.9 Å². The maximum absolute atomic E-state index is 11.5. The summed E-state index contributed by atoms with van der Waals surface area (Å²) in [5.41, 5.74) is 2.01. The zero-order valence-corrected chi connectivity index (χ0v) is 23.5. The number of halogens is 3. The lowest BCUT2D eigenvalue weighted by atomic mass is 9.84. The number of aromatic nitrogens is 3. The fourth-order valence-corrected chi connectivity index (χ4v) is 6.01. The molecule has 4 aromatic rings. The molecule has 204 valence electrons. The van der Waals surface area contributed by atoms with Crippen LogP contribution in [0.1, 0.15) is 54.1 Å². The Bertz CT molecular complexity index is 1590. The van der Waals surface area contributed by atoms with E-state index in [2.05, 4.69) is 26.1 Å². The average Bonchev–Trinajstić information content (AvgIpc) is 3.72. The van der Waals surface area contributed by atoms with Gasteiger partial charge in [-0.15, -0.1) is 0 Å². The molecule has 1 aromatic carbocycles. The summed E-state index contributed by atoms with van der Waals surface area (Å²) in [5, 5.41) is 26.2. The van der Waals surface area contributed by atoms with Crippen molar-refractivity contribution in [1.29, 1.82) is 5.26 Å². The second-order valence-electron chi connectivity index (χ2n) is 10.1. The Hall–Kier alpha value is -3.35. The van der Waals surface area contributed by atoms with E-state index in [-0.39, 0.29) is 6.61 Å². The number of pyridine rings is 2. The monoisotopic (exact) mass is 595 g/mol. The summed E-state index contributed by atoms with van der Waals surface area (Å²) in [4.78, 5) is 10.5. The van der Waals surface area contributed by atoms with Gasteiger partial charge in [-0.1, -0.05) is 46.0 Å². The molecule has 2 fully saturated rings. The van der Waals surface area contributed by atoms with Gasteiger partial charge in [-0.2, -0.15) is 5.26 Å². The fourth-order valence-electron chi connectivity index (χ4n) is 5.12. The van der Waals surface area contributed by atoms with Gasteiger partial charge >= 0.3 is 0 Å². The van der Waals surface area contributed by atoms with E-state index in [4.69, 9.17) is 44.1 Å². The summed E-state index contributed by atoms with van der Waals surface area (Å²) < 4.78 is 11.9. The number of nitrogens with zero attached hydrogens (tertiary/aromatic N) is 5.